The predicted octanol–water partition coefficient (Wildman–Crippen LogP) is 3.11. The molecule has 1 atom stereocenters. The lowest BCUT2D eigenvalue weighted by molar-refractivity contribution is 0.334. The predicted molar refractivity (Wildman–Crippen MR) is 40.6 cm³/mol. The highest BCUT2D eigenvalue weighted by molar-refractivity contribution is 5.16. The van der Waals surface area contributed by atoms with Gasteiger partial charge in [-0.1, -0.05) is 37.3 Å². The van der Waals surface area contributed by atoms with Crippen LogP contribution >= 0.6 is 0 Å². The van der Waals surface area contributed by atoms with E-state index in [2.05, 4.69) is 0 Å². The molecule has 10 heavy (non-hydrogen) atoms. The van der Waals surface area contributed by atoms with Crippen LogP contribution in [0.15, 0.2) is 30.3 Å². The third-order valence-electron chi connectivity index (χ3n) is 1.52. The first-order valence-corrected chi connectivity index (χ1v) is 3.53. The molecule has 1 aromatic rings. The maximum absolute atomic E-state index is 12.9. The largest absolute Gasteiger partial charge is 0.242 e. The first-order chi connectivity index (χ1) is 4.84. The second-order valence-electron chi connectivity index (χ2n) is 2.29. The summed E-state index contributed by atoms with van der Waals surface area (Å²) in [7, 11) is 0. The molecule has 1 aromatic carbocycles. The molecular formula is C9H11F. The van der Waals surface area contributed by atoms with Gasteiger partial charge in [0.05, 0.1) is 0 Å². The van der Waals surface area contributed by atoms with Crippen molar-refractivity contribution in [3.63, 3.8) is 0 Å². The Morgan fingerprint density at radius 3 is 2.40 bits per heavy atom. The van der Waals surface area contributed by atoms with Crippen LogP contribution < -0.4 is 0 Å². The van der Waals surface area contributed by atoms with Crippen LogP contribution in [0.25, 0.3) is 0 Å². The minimum atomic E-state index is -0.791. The highest BCUT2D eigenvalue weighted by Crippen LogP contribution is 2.19. The molecule has 0 bridgehead atoms. The monoisotopic (exact) mass is 138 g/mol. The van der Waals surface area contributed by atoms with E-state index in [0.29, 0.717) is 6.42 Å². The zero-order valence-electron chi connectivity index (χ0n) is 6.05. The second-order valence-corrected chi connectivity index (χ2v) is 2.29. The minimum absolute atomic E-state index is 0.560. The molecule has 1 heteroatoms. The van der Waals surface area contributed by atoms with Gasteiger partial charge in [-0.2, -0.15) is 0 Å². The maximum Gasteiger partial charge on any atom is 0.125 e. The van der Waals surface area contributed by atoms with Crippen molar-refractivity contribution in [1.82, 2.24) is 0 Å². The molecule has 0 saturated carbocycles. The molecule has 0 saturated heterocycles. The van der Waals surface area contributed by atoms with Gasteiger partial charge in [-0.05, 0) is 12.0 Å². The minimum Gasteiger partial charge on any atom is -0.242 e. The third kappa shape index (κ3) is 1.56. The molecule has 0 spiro atoms. The lowest BCUT2D eigenvalue weighted by atomic mass is 10.1. The Kier molecular flexibility index (Phi) is 2.43. The Hall–Kier alpha value is -0.850. The molecule has 0 radical (unpaired) electrons. The van der Waals surface area contributed by atoms with Gasteiger partial charge in [-0.3, -0.25) is 0 Å². The zero-order valence-corrected chi connectivity index (χ0v) is 6.05. The molecule has 0 aliphatic heterocycles. The van der Waals surface area contributed by atoms with Crippen molar-refractivity contribution in [2.24, 2.45) is 0 Å². The highest BCUT2D eigenvalue weighted by Gasteiger charge is 2.03. The van der Waals surface area contributed by atoms with Crippen molar-refractivity contribution in [2.45, 2.75) is 19.5 Å². The molecule has 54 valence electrons. The quantitative estimate of drug-likeness (QED) is 0.589. The lowest BCUT2D eigenvalue weighted by Crippen LogP contribution is -1.86. The van der Waals surface area contributed by atoms with Gasteiger partial charge < -0.3 is 0 Å². The molecule has 1 unspecified atom stereocenters. The summed E-state index contributed by atoms with van der Waals surface area (Å²) in [4.78, 5) is 0. The van der Waals surface area contributed by atoms with Gasteiger partial charge in [0.25, 0.3) is 0 Å². The number of rotatable bonds is 2. The Morgan fingerprint density at radius 2 is 1.90 bits per heavy atom. The van der Waals surface area contributed by atoms with E-state index in [4.69, 9.17) is 0 Å². The summed E-state index contributed by atoms with van der Waals surface area (Å²) in [6.07, 6.45) is -0.231. The summed E-state index contributed by atoms with van der Waals surface area (Å²) in [5, 5.41) is 0. The highest BCUT2D eigenvalue weighted by atomic mass is 19.1. The molecular weight excluding hydrogens is 127 g/mol. The summed E-state index contributed by atoms with van der Waals surface area (Å²) in [5.41, 5.74) is 0.782. The number of halogens is 1. The Morgan fingerprint density at radius 1 is 1.30 bits per heavy atom. The molecule has 0 nitrogen and oxygen atoms in total. The SMILES string of the molecule is CCC(F)c1ccccc1. The number of hydrogen-bond acceptors (Lipinski definition) is 0. The fourth-order valence-corrected chi connectivity index (χ4v) is 0.898. The molecule has 1 rings (SSSR count). The summed E-state index contributed by atoms with van der Waals surface area (Å²) in [5.74, 6) is 0. The van der Waals surface area contributed by atoms with Crippen LogP contribution in [0, 0.1) is 0 Å². The first kappa shape index (κ1) is 7.26. The second kappa shape index (κ2) is 3.35. The van der Waals surface area contributed by atoms with Crippen molar-refractivity contribution < 1.29 is 4.39 Å². The van der Waals surface area contributed by atoms with Crippen molar-refractivity contribution in [3.8, 4) is 0 Å². The summed E-state index contributed by atoms with van der Waals surface area (Å²) in [6, 6.07) is 9.24. The van der Waals surface area contributed by atoms with Crippen molar-refractivity contribution in [2.75, 3.05) is 0 Å². The maximum atomic E-state index is 12.9. The number of alkyl halides is 1. The number of hydrogen-bond donors (Lipinski definition) is 0. The fourth-order valence-electron chi connectivity index (χ4n) is 0.898. The van der Waals surface area contributed by atoms with Crippen LogP contribution in [0.1, 0.15) is 25.1 Å². The smallest absolute Gasteiger partial charge is 0.125 e. The Balaban J connectivity index is 2.75. The Bertz CT molecular complexity index is 181. The van der Waals surface area contributed by atoms with Gasteiger partial charge in [0.2, 0.25) is 0 Å². The van der Waals surface area contributed by atoms with E-state index in [0.717, 1.165) is 5.56 Å². The Labute approximate surface area is 60.7 Å². The lowest BCUT2D eigenvalue weighted by Gasteiger charge is -2.02. The number of benzene rings is 1. The molecule has 0 N–H and O–H groups in total. The average Bonchev–Trinajstić information content (AvgIpc) is 2.05. The third-order valence-corrected chi connectivity index (χ3v) is 1.52. The van der Waals surface area contributed by atoms with E-state index in [1.165, 1.54) is 0 Å². The van der Waals surface area contributed by atoms with Gasteiger partial charge in [0.15, 0.2) is 0 Å². The van der Waals surface area contributed by atoms with Gasteiger partial charge >= 0.3 is 0 Å². The molecule has 0 amide bonds. The average molecular weight is 138 g/mol. The van der Waals surface area contributed by atoms with Gasteiger partial charge in [-0.15, -0.1) is 0 Å². The topological polar surface area (TPSA) is 0 Å². The first-order valence-electron chi connectivity index (χ1n) is 3.53. The molecule has 0 aliphatic carbocycles. The van der Waals surface area contributed by atoms with Gasteiger partial charge in [0.1, 0.15) is 6.17 Å². The molecule has 0 aliphatic rings. The van der Waals surface area contributed by atoms with Crippen LogP contribution in [-0.2, 0) is 0 Å². The summed E-state index contributed by atoms with van der Waals surface area (Å²) >= 11 is 0. The summed E-state index contributed by atoms with van der Waals surface area (Å²) < 4.78 is 12.9. The van der Waals surface area contributed by atoms with Crippen LogP contribution in [0.2, 0.25) is 0 Å². The fraction of sp³-hybridized carbons (Fsp3) is 0.333. The van der Waals surface area contributed by atoms with Crippen molar-refractivity contribution in [1.29, 1.82) is 0 Å². The zero-order chi connectivity index (χ0) is 7.40. The standard InChI is InChI=1S/C9H11F/c1-2-9(10)8-6-4-3-5-7-8/h3-7,9H,2H2,1H3. The van der Waals surface area contributed by atoms with Crippen molar-refractivity contribution >= 4 is 0 Å². The van der Waals surface area contributed by atoms with Crippen LogP contribution in [0.4, 0.5) is 4.39 Å². The van der Waals surface area contributed by atoms with Gasteiger partial charge in [0, 0.05) is 0 Å². The van der Waals surface area contributed by atoms with E-state index in [1.807, 2.05) is 37.3 Å². The van der Waals surface area contributed by atoms with Crippen molar-refractivity contribution in [3.05, 3.63) is 35.9 Å². The van der Waals surface area contributed by atoms with Crippen LogP contribution in [-0.4, -0.2) is 0 Å². The normalized spacial score (nSPS) is 13.0. The van der Waals surface area contributed by atoms with E-state index >= 15 is 0 Å². The van der Waals surface area contributed by atoms with Gasteiger partial charge in [-0.25, -0.2) is 4.39 Å². The van der Waals surface area contributed by atoms with Crippen LogP contribution in [0.3, 0.4) is 0 Å². The molecule has 0 fully saturated rings. The van der Waals surface area contributed by atoms with E-state index in [1.54, 1.807) is 0 Å². The van der Waals surface area contributed by atoms with E-state index < -0.39 is 6.17 Å². The molecule has 0 aromatic heterocycles. The van der Waals surface area contributed by atoms with E-state index in [9.17, 15) is 4.39 Å². The van der Waals surface area contributed by atoms with E-state index in [-0.39, 0.29) is 0 Å². The van der Waals surface area contributed by atoms with Crippen LogP contribution in [0.5, 0.6) is 0 Å². The molecule has 0 heterocycles. The summed E-state index contributed by atoms with van der Waals surface area (Å²) in [6.45, 7) is 1.84.